The Morgan fingerprint density at radius 3 is 2.33 bits per heavy atom. The minimum atomic E-state index is -3.52. The lowest BCUT2D eigenvalue weighted by Crippen LogP contribution is -2.40. The minimum Gasteiger partial charge on any atom is -0.453 e. The van der Waals surface area contributed by atoms with E-state index in [0.29, 0.717) is 32.7 Å². The van der Waals surface area contributed by atoms with Gasteiger partial charge in [0.25, 0.3) is 5.91 Å². The maximum Gasteiger partial charge on any atom is 0.306 e. The molecule has 1 atom stereocenters. The summed E-state index contributed by atoms with van der Waals surface area (Å²) >= 11 is 0. The summed E-state index contributed by atoms with van der Waals surface area (Å²) in [6.07, 6.45) is -0.311. The molecule has 1 aliphatic rings. The van der Waals surface area contributed by atoms with Crippen LogP contribution in [0.2, 0.25) is 0 Å². The lowest BCUT2D eigenvalue weighted by molar-refractivity contribution is -0.157. The molecule has 1 aromatic carbocycles. The van der Waals surface area contributed by atoms with Crippen molar-refractivity contribution in [1.82, 2.24) is 9.21 Å². The molecule has 150 valence electrons. The van der Waals surface area contributed by atoms with Gasteiger partial charge in [-0.15, -0.1) is 0 Å². The Hall–Kier alpha value is -1.97. The number of carbonyl (C=O) groups excluding carboxylic acids is 2. The third-order valence-electron chi connectivity index (χ3n) is 4.25. The summed E-state index contributed by atoms with van der Waals surface area (Å²) in [4.78, 5) is 25.2. The molecule has 0 unspecified atom stereocenters. The quantitative estimate of drug-likeness (QED) is 0.627. The van der Waals surface area contributed by atoms with Crippen LogP contribution in [0.25, 0.3) is 0 Å². The van der Waals surface area contributed by atoms with Crippen LogP contribution in [0.15, 0.2) is 29.2 Å². The summed E-state index contributed by atoms with van der Waals surface area (Å²) < 4.78 is 36.8. The summed E-state index contributed by atoms with van der Waals surface area (Å²) in [7, 11) is -0.331. The maximum atomic E-state index is 12.6. The van der Waals surface area contributed by atoms with Crippen LogP contribution < -0.4 is 0 Å². The van der Waals surface area contributed by atoms with Crippen molar-refractivity contribution in [1.29, 1.82) is 0 Å². The average Bonchev–Trinajstić information content (AvgIpc) is 2.66. The molecule has 0 bridgehead atoms. The minimum absolute atomic E-state index is 0.112. The van der Waals surface area contributed by atoms with Crippen LogP contribution in [0.1, 0.15) is 18.9 Å². The van der Waals surface area contributed by atoms with Crippen LogP contribution in [0.4, 0.5) is 0 Å². The fourth-order valence-corrected chi connectivity index (χ4v) is 4.09. The lowest BCUT2D eigenvalue weighted by atomic mass is 10.1. The number of aryl methyl sites for hydroxylation is 1. The SMILES string of the molecule is C[C@@H](OC(=O)CCc1ccc(S(=O)(=O)N2CCOCC2)cc1)C(=O)N(C)C. The second-order valence-electron chi connectivity index (χ2n) is 6.53. The molecule has 1 amide bonds. The highest BCUT2D eigenvalue weighted by atomic mass is 32.2. The first-order valence-corrected chi connectivity index (χ1v) is 10.2. The van der Waals surface area contributed by atoms with Crippen LogP contribution in [0.5, 0.6) is 0 Å². The summed E-state index contributed by atoms with van der Waals surface area (Å²) in [5, 5.41) is 0. The standard InChI is InChI=1S/C18H26N2O6S/c1-14(18(22)19(2)3)26-17(21)9-6-15-4-7-16(8-5-15)27(23,24)20-10-12-25-13-11-20/h4-5,7-8,14H,6,9-13H2,1-3H3/t14-/m1/s1. The molecule has 0 aromatic heterocycles. The average molecular weight is 398 g/mol. The fourth-order valence-electron chi connectivity index (χ4n) is 2.68. The monoisotopic (exact) mass is 398 g/mol. The van der Waals surface area contributed by atoms with E-state index in [2.05, 4.69) is 0 Å². The Kier molecular flexibility index (Phi) is 7.34. The predicted molar refractivity (Wildman–Crippen MR) is 98.6 cm³/mol. The van der Waals surface area contributed by atoms with Crippen LogP contribution in [0, 0.1) is 0 Å². The Bertz CT molecular complexity index is 755. The van der Waals surface area contributed by atoms with Gasteiger partial charge in [-0.3, -0.25) is 9.59 Å². The number of carbonyl (C=O) groups is 2. The highest BCUT2D eigenvalue weighted by Gasteiger charge is 2.26. The van der Waals surface area contributed by atoms with Crippen molar-refractivity contribution in [3.05, 3.63) is 29.8 Å². The maximum absolute atomic E-state index is 12.6. The summed E-state index contributed by atoms with van der Waals surface area (Å²) in [6, 6.07) is 6.47. The van der Waals surface area contributed by atoms with Gasteiger partial charge >= 0.3 is 5.97 Å². The second-order valence-corrected chi connectivity index (χ2v) is 8.46. The van der Waals surface area contributed by atoms with Gasteiger partial charge in [-0.05, 0) is 31.0 Å². The second kappa shape index (κ2) is 9.29. The number of hydrogen-bond acceptors (Lipinski definition) is 6. The van der Waals surface area contributed by atoms with Gasteiger partial charge in [0.15, 0.2) is 6.10 Å². The summed E-state index contributed by atoms with van der Waals surface area (Å²) in [5.74, 6) is -0.747. The molecule has 27 heavy (non-hydrogen) atoms. The molecule has 1 fully saturated rings. The van der Waals surface area contributed by atoms with Gasteiger partial charge in [0.1, 0.15) is 0 Å². The number of benzene rings is 1. The fraction of sp³-hybridized carbons (Fsp3) is 0.556. The van der Waals surface area contributed by atoms with Crippen molar-refractivity contribution in [2.24, 2.45) is 0 Å². The van der Waals surface area contributed by atoms with Crippen molar-refractivity contribution >= 4 is 21.9 Å². The zero-order chi connectivity index (χ0) is 20.0. The van der Waals surface area contributed by atoms with Gasteiger partial charge in [0, 0.05) is 33.6 Å². The molecule has 0 spiro atoms. The molecule has 0 radical (unpaired) electrons. The van der Waals surface area contributed by atoms with Crippen molar-refractivity contribution in [3.8, 4) is 0 Å². The van der Waals surface area contributed by atoms with E-state index in [9.17, 15) is 18.0 Å². The first-order chi connectivity index (χ1) is 12.7. The smallest absolute Gasteiger partial charge is 0.306 e. The molecule has 9 heteroatoms. The van der Waals surface area contributed by atoms with E-state index in [1.54, 1.807) is 38.4 Å². The Morgan fingerprint density at radius 1 is 1.19 bits per heavy atom. The summed E-state index contributed by atoms with van der Waals surface area (Å²) in [5.41, 5.74) is 0.819. The van der Waals surface area contributed by atoms with E-state index in [-0.39, 0.29) is 17.2 Å². The molecule has 0 N–H and O–H groups in total. The number of hydrogen-bond donors (Lipinski definition) is 0. The molecule has 2 rings (SSSR count). The molecule has 1 aliphatic heterocycles. The zero-order valence-corrected chi connectivity index (χ0v) is 16.7. The first-order valence-electron chi connectivity index (χ1n) is 8.79. The van der Waals surface area contributed by atoms with E-state index < -0.39 is 22.1 Å². The normalized spacial score (nSPS) is 16.6. The van der Waals surface area contributed by atoms with Gasteiger partial charge in [-0.1, -0.05) is 12.1 Å². The molecular weight excluding hydrogens is 372 g/mol. The van der Waals surface area contributed by atoms with Gasteiger partial charge in [-0.2, -0.15) is 4.31 Å². The number of nitrogens with zero attached hydrogens (tertiary/aromatic N) is 2. The largest absolute Gasteiger partial charge is 0.453 e. The van der Waals surface area contributed by atoms with Crippen LogP contribution >= 0.6 is 0 Å². The Labute approximate surface area is 160 Å². The van der Waals surface area contributed by atoms with Crippen LogP contribution in [-0.4, -0.2) is 76.0 Å². The van der Waals surface area contributed by atoms with E-state index in [0.717, 1.165) is 5.56 Å². The van der Waals surface area contributed by atoms with E-state index >= 15 is 0 Å². The first kappa shape index (κ1) is 21.3. The van der Waals surface area contributed by atoms with Crippen molar-refractivity contribution < 1.29 is 27.5 Å². The number of morpholine rings is 1. The molecule has 1 aromatic rings. The molecule has 1 saturated heterocycles. The predicted octanol–water partition coefficient (Wildman–Crippen LogP) is 0.660. The number of ether oxygens (including phenoxy) is 2. The highest BCUT2D eigenvalue weighted by Crippen LogP contribution is 2.18. The molecular formula is C18H26N2O6S. The Morgan fingerprint density at radius 2 is 1.78 bits per heavy atom. The number of esters is 1. The van der Waals surface area contributed by atoms with E-state index in [1.807, 2.05) is 0 Å². The third kappa shape index (κ3) is 5.75. The topological polar surface area (TPSA) is 93.2 Å². The highest BCUT2D eigenvalue weighted by molar-refractivity contribution is 7.89. The third-order valence-corrected chi connectivity index (χ3v) is 6.16. The van der Waals surface area contributed by atoms with Crippen LogP contribution in [0.3, 0.4) is 0 Å². The van der Waals surface area contributed by atoms with Gasteiger partial charge < -0.3 is 14.4 Å². The van der Waals surface area contributed by atoms with Crippen molar-refractivity contribution in [2.75, 3.05) is 40.4 Å². The molecule has 0 saturated carbocycles. The summed E-state index contributed by atoms with van der Waals surface area (Å²) in [6.45, 7) is 3.02. The van der Waals surface area contributed by atoms with E-state index in [1.165, 1.54) is 16.1 Å². The van der Waals surface area contributed by atoms with E-state index in [4.69, 9.17) is 9.47 Å². The zero-order valence-electron chi connectivity index (χ0n) is 15.9. The van der Waals surface area contributed by atoms with Crippen molar-refractivity contribution in [3.63, 3.8) is 0 Å². The number of likely N-dealkylation sites (N-methyl/N-ethyl adjacent to an activating group) is 1. The lowest BCUT2D eigenvalue weighted by Gasteiger charge is -2.26. The molecule has 8 nitrogen and oxygen atoms in total. The van der Waals surface area contributed by atoms with Gasteiger partial charge in [-0.25, -0.2) is 8.42 Å². The van der Waals surface area contributed by atoms with Gasteiger partial charge in [0.2, 0.25) is 10.0 Å². The van der Waals surface area contributed by atoms with Crippen LogP contribution in [-0.2, 0) is 35.5 Å². The number of sulfonamides is 1. The number of rotatable bonds is 7. The van der Waals surface area contributed by atoms with Gasteiger partial charge in [0.05, 0.1) is 18.1 Å². The Balaban J connectivity index is 1.90. The number of amides is 1. The molecule has 1 heterocycles. The molecule has 0 aliphatic carbocycles. The van der Waals surface area contributed by atoms with Crippen molar-refractivity contribution in [2.45, 2.75) is 30.8 Å².